The van der Waals surface area contributed by atoms with Crippen molar-refractivity contribution in [1.82, 2.24) is 0 Å². The van der Waals surface area contributed by atoms with Crippen LogP contribution in [0.2, 0.25) is 0 Å². The molecule has 0 N–H and O–H groups in total. The minimum Gasteiger partial charge on any atom is -0.490 e. The van der Waals surface area contributed by atoms with Crippen molar-refractivity contribution >= 4 is 25.8 Å². The van der Waals surface area contributed by atoms with Gasteiger partial charge in [-0.1, -0.05) is 53.7 Å². The van der Waals surface area contributed by atoms with Crippen LogP contribution in [0, 0.1) is 0 Å². The van der Waals surface area contributed by atoms with Gasteiger partial charge in [0.05, 0.1) is 39.6 Å². The summed E-state index contributed by atoms with van der Waals surface area (Å²) in [5.74, 6) is 0.869. The van der Waals surface area contributed by atoms with E-state index >= 15 is 0 Å². The molecule has 244 valence electrons. The fraction of sp³-hybridized carbons (Fsp3) is 0.625. The largest absolute Gasteiger partial charge is 0.490 e. The second kappa shape index (κ2) is 16.6. The quantitative estimate of drug-likeness (QED) is 0.121. The molecule has 0 amide bonds. The second-order valence-corrected chi connectivity index (χ2v) is 15.8. The van der Waals surface area contributed by atoms with Gasteiger partial charge in [0.2, 0.25) is 0 Å². The summed E-state index contributed by atoms with van der Waals surface area (Å²) < 4.78 is 67.6. The fourth-order valence-electron chi connectivity index (χ4n) is 4.20. The Hall–Kier alpha value is -1.70. The third-order valence-corrected chi connectivity index (χ3v) is 10.7. The predicted molar refractivity (Wildman–Crippen MR) is 173 cm³/mol. The summed E-state index contributed by atoms with van der Waals surface area (Å²) in [4.78, 5) is 0. The van der Waals surface area contributed by atoms with E-state index in [9.17, 15) is 9.13 Å². The molecule has 0 spiro atoms. The lowest BCUT2D eigenvalue weighted by Crippen LogP contribution is -2.21. The van der Waals surface area contributed by atoms with Crippen molar-refractivity contribution in [2.45, 2.75) is 80.1 Å². The summed E-state index contributed by atoms with van der Waals surface area (Å²) in [7, 11) is -7.16. The molecule has 0 aliphatic carbocycles. The number of rotatable bonds is 18. The van der Waals surface area contributed by atoms with Crippen LogP contribution in [0.4, 0.5) is 0 Å². The Morgan fingerprint density at radius 1 is 0.535 bits per heavy atom. The normalized spacial score (nSPS) is 12.9. The summed E-state index contributed by atoms with van der Waals surface area (Å²) in [6.07, 6.45) is 0. The molecule has 0 atom stereocenters. The van der Waals surface area contributed by atoms with E-state index < -0.39 is 15.2 Å². The first kappa shape index (κ1) is 37.5. The average Bonchev–Trinajstić information content (AvgIpc) is 2.92. The first-order valence-corrected chi connectivity index (χ1v) is 18.2. The Balaban J connectivity index is 2.09. The van der Waals surface area contributed by atoms with Gasteiger partial charge in [-0.2, -0.15) is 0 Å². The van der Waals surface area contributed by atoms with E-state index in [4.69, 9.17) is 32.3 Å². The van der Waals surface area contributed by atoms with Crippen molar-refractivity contribution in [3.05, 3.63) is 47.5 Å². The standard InChI is InChI=1S/C32H52O9P2/c1-11-38-42(33,39-12-2)29-23-25(31(5,6)7)15-17-27(29)36-21-19-35-20-22-37-28-18-16-26(32(8,9)10)24-30(28)43(34,40-13-3)41-14-4/h15-18,23-24H,11-14,19-22H2,1-10H3. The molecule has 0 bridgehead atoms. The van der Waals surface area contributed by atoms with E-state index in [-0.39, 0.29) is 63.7 Å². The molecule has 0 aromatic heterocycles. The molecular formula is C32H52O9P2. The van der Waals surface area contributed by atoms with E-state index in [2.05, 4.69) is 41.5 Å². The molecule has 0 aliphatic rings. The monoisotopic (exact) mass is 642 g/mol. The summed E-state index contributed by atoms with van der Waals surface area (Å²) in [5.41, 5.74) is 1.67. The number of hydrogen-bond acceptors (Lipinski definition) is 9. The zero-order valence-electron chi connectivity index (χ0n) is 27.7. The van der Waals surface area contributed by atoms with Crippen LogP contribution >= 0.6 is 15.2 Å². The lowest BCUT2D eigenvalue weighted by molar-refractivity contribution is 0.0767. The molecule has 0 radical (unpaired) electrons. The van der Waals surface area contributed by atoms with Crippen molar-refractivity contribution < 1.29 is 41.4 Å². The summed E-state index contributed by atoms with van der Waals surface area (Å²) in [6, 6.07) is 11.2. The van der Waals surface area contributed by atoms with Gasteiger partial charge in [0.15, 0.2) is 0 Å². The number of benzene rings is 2. The summed E-state index contributed by atoms with van der Waals surface area (Å²) in [5, 5.41) is 0.817. The van der Waals surface area contributed by atoms with Crippen LogP contribution in [-0.2, 0) is 42.8 Å². The molecule has 0 saturated carbocycles. The molecule has 0 unspecified atom stereocenters. The van der Waals surface area contributed by atoms with Crippen LogP contribution < -0.4 is 20.1 Å². The molecule has 11 heteroatoms. The molecule has 0 aliphatic heterocycles. The molecule has 0 saturated heterocycles. The topological polar surface area (TPSA) is 98.8 Å². The van der Waals surface area contributed by atoms with Gasteiger partial charge >= 0.3 is 15.2 Å². The van der Waals surface area contributed by atoms with Gasteiger partial charge in [-0.3, -0.25) is 9.13 Å². The lowest BCUT2D eigenvalue weighted by Gasteiger charge is -2.25. The van der Waals surface area contributed by atoms with E-state index in [1.54, 1.807) is 27.7 Å². The van der Waals surface area contributed by atoms with Gasteiger partial charge in [-0.15, -0.1) is 0 Å². The predicted octanol–water partition coefficient (Wildman–Crippen LogP) is 7.54. The van der Waals surface area contributed by atoms with Gasteiger partial charge in [0.1, 0.15) is 35.3 Å². The van der Waals surface area contributed by atoms with E-state index in [0.717, 1.165) is 11.1 Å². The number of hydrogen-bond donors (Lipinski definition) is 0. The Bertz CT molecular complexity index is 1130. The van der Waals surface area contributed by atoms with Crippen molar-refractivity contribution in [1.29, 1.82) is 0 Å². The zero-order valence-corrected chi connectivity index (χ0v) is 29.5. The van der Waals surface area contributed by atoms with Crippen LogP contribution in [0.3, 0.4) is 0 Å². The first-order valence-electron chi connectivity index (χ1n) is 15.1. The van der Waals surface area contributed by atoms with Gasteiger partial charge in [0.25, 0.3) is 0 Å². The molecule has 0 heterocycles. The third kappa shape index (κ3) is 10.7. The highest BCUT2D eigenvalue weighted by Gasteiger charge is 2.33. The van der Waals surface area contributed by atoms with Crippen molar-refractivity contribution in [3.8, 4) is 11.5 Å². The van der Waals surface area contributed by atoms with Gasteiger partial charge < -0.3 is 32.3 Å². The maximum Gasteiger partial charge on any atom is 0.365 e. The maximum atomic E-state index is 13.7. The van der Waals surface area contributed by atoms with Crippen LogP contribution in [0.15, 0.2) is 36.4 Å². The van der Waals surface area contributed by atoms with E-state index in [0.29, 0.717) is 22.1 Å². The molecule has 2 aromatic carbocycles. The molecule has 2 rings (SSSR count). The average molecular weight is 643 g/mol. The van der Waals surface area contributed by atoms with Crippen LogP contribution in [-0.4, -0.2) is 52.9 Å². The minimum absolute atomic E-state index is 0.161. The minimum atomic E-state index is -3.58. The van der Waals surface area contributed by atoms with Crippen LogP contribution in [0.1, 0.15) is 80.4 Å². The van der Waals surface area contributed by atoms with Gasteiger partial charge in [-0.05, 0) is 73.9 Å². The third-order valence-electron chi connectivity index (χ3n) is 6.41. The van der Waals surface area contributed by atoms with Crippen LogP contribution in [0.25, 0.3) is 0 Å². The fourth-order valence-corrected chi connectivity index (χ4v) is 7.67. The van der Waals surface area contributed by atoms with E-state index in [1.807, 2.05) is 36.4 Å². The molecular weight excluding hydrogens is 590 g/mol. The Labute approximate surface area is 259 Å². The first-order chi connectivity index (χ1) is 20.1. The smallest absolute Gasteiger partial charge is 0.365 e. The second-order valence-electron chi connectivity index (χ2n) is 11.8. The van der Waals surface area contributed by atoms with Crippen molar-refractivity contribution in [2.24, 2.45) is 0 Å². The van der Waals surface area contributed by atoms with Crippen molar-refractivity contribution in [2.75, 3.05) is 52.9 Å². The maximum absolute atomic E-state index is 13.7. The Morgan fingerprint density at radius 2 is 0.860 bits per heavy atom. The molecule has 2 aromatic rings. The van der Waals surface area contributed by atoms with Gasteiger partial charge in [0, 0.05) is 0 Å². The molecule has 43 heavy (non-hydrogen) atoms. The van der Waals surface area contributed by atoms with E-state index in [1.165, 1.54) is 0 Å². The Kier molecular flexibility index (Phi) is 14.4. The van der Waals surface area contributed by atoms with Crippen LogP contribution in [0.5, 0.6) is 11.5 Å². The highest BCUT2D eigenvalue weighted by Crippen LogP contribution is 2.51. The Morgan fingerprint density at radius 3 is 1.14 bits per heavy atom. The molecule has 9 nitrogen and oxygen atoms in total. The van der Waals surface area contributed by atoms with Gasteiger partial charge in [-0.25, -0.2) is 0 Å². The highest BCUT2D eigenvalue weighted by molar-refractivity contribution is 7.62. The SMILES string of the molecule is CCOP(=O)(OCC)c1cc(C(C)(C)C)ccc1OCCOCCOc1ccc(C(C)(C)C)cc1P(=O)(OCC)OCC. The zero-order chi connectivity index (χ0) is 32.3. The number of ether oxygens (including phenoxy) is 3. The highest BCUT2D eigenvalue weighted by atomic mass is 31.2. The summed E-state index contributed by atoms with van der Waals surface area (Å²) in [6.45, 7) is 21.6. The lowest BCUT2D eigenvalue weighted by atomic mass is 9.87. The molecule has 0 fully saturated rings. The van der Waals surface area contributed by atoms with Crippen molar-refractivity contribution in [3.63, 3.8) is 0 Å². The summed E-state index contributed by atoms with van der Waals surface area (Å²) >= 11 is 0.